The average Bonchev–Trinajstić information content (AvgIpc) is 3.00. The van der Waals surface area contributed by atoms with E-state index in [0.29, 0.717) is 0 Å². The Hall–Kier alpha value is -1.18. The first-order chi connectivity index (χ1) is 9.43. The van der Waals surface area contributed by atoms with Crippen LogP contribution in [0.25, 0.3) is 0 Å². The lowest BCUT2D eigenvalue weighted by Gasteiger charge is -2.31. The molecule has 104 valence electrons. The van der Waals surface area contributed by atoms with Crippen LogP contribution in [0.2, 0.25) is 0 Å². The Kier molecular flexibility index (Phi) is 4.27. The SMILES string of the molecule is c1ccc(N2CCCCC2)c(NCC2CCCC2)c1. The predicted molar refractivity (Wildman–Crippen MR) is 83.0 cm³/mol. The van der Waals surface area contributed by atoms with E-state index in [9.17, 15) is 0 Å². The normalized spacial score (nSPS) is 20.7. The summed E-state index contributed by atoms with van der Waals surface area (Å²) in [6, 6.07) is 8.86. The first kappa shape index (κ1) is 12.8. The van der Waals surface area contributed by atoms with E-state index in [-0.39, 0.29) is 0 Å². The summed E-state index contributed by atoms with van der Waals surface area (Å²) in [6.07, 6.45) is 9.78. The number of piperidine rings is 1. The van der Waals surface area contributed by atoms with Gasteiger partial charge in [0.25, 0.3) is 0 Å². The van der Waals surface area contributed by atoms with Gasteiger partial charge in [-0.3, -0.25) is 0 Å². The molecule has 1 aromatic rings. The second-order valence-electron chi connectivity index (χ2n) is 6.10. The van der Waals surface area contributed by atoms with E-state index in [2.05, 4.69) is 34.5 Å². The van der Waals surface area contributed by atoms with Crippen LogP contribution in [-0.4, -0.2) is 19.6 Å². The van der Waals surface area contributed by atoms with Gasteiger partial charge in [-0.15, -0.1) is 0 Å². The van der Waals surface area contributed by atoms with E-state index >= 15 is 0 Å². The topological polar surface area (TPSA) is 15.3 Å². The summed E-state index contributed by atoms with van der Waals surface area (Å²) in [6.45, 7) is 3.61. The Balaban J connectivity index is 1.65. The monoisotopic (exact) mass is 258 g/mol. The van der Waals surface area contributed by atoms with Gasteiger partial charge in [-0.1, -0.05) is 25.0 Å². The van der Waals surface area contributed by atoms with Gasteiger partial charge < -0.3 is 10.2 Å². The minimum Gasteiger partial charge on any atom is -0.383 e. The smallest absolute Gasteiger partial charge is 0.0602 e. The minimum atomic E-state index is 0.898. The zero-order chi connectivity index (χ0) is 12.9. The van der Waals surface area contributed by atoms with Crippen molar-refractivity contribution in [3.05, 3.63) is 24.3 Å². The summed E-state index contributed by atoms with van der Waals surface area (Å²) in [5.74, 6) is 0.898. The van der Waals surface area contributed by atoms with Crippen LogP contribution in [0, 0.1) is 5.92 Å². The van der Waals surface area contributed by atoms with Crippen molar-refractivity contribution >= 4 is 11.4 Å². The number of hydrogen-bond acceptors (Lipinski definition) is 2. The molecule has 2 heteroatoms. The molecule has 1 N–H and O–H groups in total. The Labute approximate surface area is 117 Å². The second-order valence-corrected chi connectivity index (χ2v) is 6.10. The van der Waals surface area contributed by atoms with Crippen LogP contribution in [0.4, 0.5) is 11.4 Å². The highest BCUT2D eigenvalue weighted by Gasteiger charge is 2.17. The highest BCUT2D eigenvalue weighted by Crippen LogP contribution is 2.30. The van der Waals surface area contributed by atoms with E-state index < -0.39 is 0 Å². The van der Waals surface area contributed by atoms with Crippen molar-refractivity contribution in [1.29, 1.82) is 0 Å². The number of nitrogens with zero attached hydrogens (tertiary/aromatic N) is 1. The minimum absolute atomic E-state index is 0.898. The van der Waals surface area contributed by atoms with E-state index in [0.717, 1.165) is 12.5 Å². The number of anilines is 2. The zero-order valence-electron chi connectivity index (χ0n) is 11.9. The Morgan fingerprint density at radius 3 is 2.47 bits per heavy atom. The molecule has 0 atom stereocenters. The van der Waals surface area contributed by atoms with Crippen LogP contribution >= 0.6 is 0 Å². The molecule has 3 rings (SSSR count). The van der Waals surface area contributed by atoms with Gasteiger partial charge in [0.15, 0.2) is 0 Å². The highest BCUT2D eigenvalue weighted by molar-refractivity contribution is 5.70. The standard InChI is InChI=1S/C17H26N2/c1-6-12-19(13-7-1)17-11-5-4-10-16(17)18-14-15-8-2-3-9-15/h4-5,10-11,15,18H,1-3,6-9,12-14H2. The largest absolute Gasteiger partial charge is 0.383 e. The van der Waals surface area contributed by atoms with E-state index in [4.69, 9.17) is 0 Å². The molecule has 0 radical (unpaired) electrons. The van der Waals surface area contributed by atoms with Gasteiger partial charge in [-0.25, -0.2) is 0 Å². The molecule has 1 saturated carbocycles. The zero-order valence-corrected chi connectivity index (χ0v) is 11.9. The molecular weight excluding hydrogens is 232 g/mol. The average molecular weight is 258 g/mol. The second kappa shape index (κ2) is 6.31. The maximum absolute atomic E-state index is 3.71. The third-order valence-electron chi connectivity index (χ3n) is 4.66. The number of hydrogen-bond donors (Lipinski definition) is 1. The van der Waals surface area contributed by atoms with Crippen molar-refractivity contribution in [2.45, 2.75) is 44.9 Å². The van der Waals surface area contributed by atoms with E-state index in [1.807, 2.05) is 0 Å². The van der Waals surface area contributed by atoms with Crippen LogP contribution in [0.5, 0.6) is 0 Å². The molecule has 2 nitrogen and oxygen atoms in total. The number of benzene rings is 1. The van der Waals surface area contributed by atoms with Crippen LogP contribution in [0.3, 0.4) is 0 Å². The van der Waals surface area contributed by atoms with Gasteiger partial charge in [0.2, 0.25) is 0 Å². The lowest BCUT2D eigenvalue weighted by Crippen LogP contribution is -2.30. The molecule has 0 amide bonds. The first-order valence-electron chi connectivity index (χ1n) is 8.01. The van der Waals surface area contributed by atoms with Crippen LogP contribution in [0.1, 0.15) is 44.9 Å². The molecule has 1 aliphatic carbocycles. The summed E-state index contributed by atoms with van der Waals surface area (Å²) in [7, 11) is 0. The molecule has 2 aliphatic rings. The summed E-state index contributed by atoms with van der Waals surface area (Å²) >= 11 is 0. The molecular formula is C17H26N2. The summed E-state index contributed by atoms with van der Waals surface area (Å²) < 4.78 is 0. The fraction of sp³-hybridized carbons (Fsp3) is 0.647. The predicted octanol–water partition coefficient (Wildman–Crippen LogP) is 4.28. The molecule has 0 unspecified atom stereocenters. The number of nitrogens with one attached hydrogen (secondary N) is 1. The fourth-order valence-electron chi connectivity index (χ4n) is 3.50. The maximum Gasteiger partial charge on any atom is 0.0602 e. The van der Waals surface area contributed by atoms with Crippen molar-refractivity contribution in [3.8, 4) is 0 Å². The Bertz CT molecular complexity index is 390. The molecule has 0 spiro atoms. The van der Waals surface area contributed by atoms with Gasteiger partial charge in [0, 0.05) is 19.6 Å². The lowest BCUT2D eigenvalue weighted by molar-refractivity contribution is 0.573. The number of para-hydroxylation sites is 2. The van der Waals surface area contributed by atoms with Crippen molar-refractivity contribution in [2.75, 3.05) is 29.9 Å². The summed E-state index contributed by atoms with van der Waals surface area (Å²) in [5, 5.41) is 3.71. The van der Waals surface area contributed by atoms with Crippen LogP contribution in [0.15, 0.2) is 24.3 Å². The first-order valence-corrected chi connectivity index (χ1v) is 8.01. The Morgan fingerprint density at radius 2 is 1.68 bits per heavy atom. The lowest BCUT2D eigenvalue weighted by atomic mass is 10.1. The third-order valence-corrected chi connectivity index (χ3v) is 4.66. The fourth-order valence-corrected chi connectivity index (χ4v) is 3.50. The molecule has 1 saturated heterocycles. The van der Waals surface area contributed by atoms with Crippen LogP contribution in [-0.2, 0) is 0 Å². The maximum atomic E-state index is 3.71. The molecule has 2 fully saturated rings. The van der Waals surface area contributed by atoms with Gasteiger partial charge in [-0.05, 0) is 50.2 Å². The van der Waals surface area contributed by atoms with Gasteiger partial charge in [-0.2, -0.15) is 0 Å². The molecule has 19 heavy (non-hydrogen) atoms. The molecule has 0 aromatic heterocycles. The van der Waals surface area contributed by atoms with Crippen molar-refractivity contribution in [2.24, 2.45) is 5.92 Å². The van der Waals surface area contributed by atoms with Gasteiger partial charge in [0.1, 0.15) is 0 Å². The van der Waals surface area contributed by atoms with Crippen molar-refractivity contribution in [3.63, 3.8) is 0 Å². The van der Waals surface area contributed by atoms with Crippen LogP contribution < -0.4 is 10.2 Å². The van der Waals surface area contributed by atoms with Gasteiger partial charge in [0.05, 0.1) is 11.4 Å². The van der Waals surface area contributed by atoms with Crippen molar-refractivity contribution in [1.82, 2.24) is 0 Å². The summed E-state index contributed by atoms with van der Waals surface area (Å²) in [5.41, 5.74) is 2.76. The highest BCUT2D eigenvalue weighted by atomic mass is 15.1. The molecule has 0 bridgehead atoms. The van der Waals surface area contributed by atoms with E-state index in [1.54, 1.807) is 0 Å². The third kappa shape index (κ3) is 3.23. The molecule has 1 aromatic carbocycles. The number of rotatable bonds is 4. The summed E-state index contributed by atoms with van der Waals surface area (Å²) in [4.78, 5) is 2.56. The quantitative estimate of drug-likeness (QED) is 0.867. The molecule has 1 aliphatic heterocycles. The van der Waals surface area contributed by atoms with Gasteiger partial charge >= 0.3 is 0 Å². The Morgan fingerprint density at radius 1 is 0.947 bits per heavy atom. The van der Waals surface area contributed by atoms with Crippen molar-refractivity contribution < 1.29 is 0 Å². The molecule has 1 heterocycles. The van der Waals surface area contributed by atoms with E-state index in [1.165, 1.54) is 69.4 Å².